The van der Waals surface area contributed by atoms with E-state index >= 15 is 0 Å². The zero-order valence-electron chi connectivity index (χ0n) is 10.7. The van der Waals surface area contributed by atoms with Gasteiger partial charge in [-0.3, -0.25) is 10.1 Å². The molecule has 0 aliphatic carbocycles. The molecule has 0 saturated carbocycles. The Bertz CT molecular complexity index is 410. The van der Waals surface area contributed by atoms with Crippen molar-refractivity contribution in [2.75, 3.05) is 19.0 Å². The average molecular weight is 253 g/mol. The zero-order chi connectivity index (χ0) is 13.5. The Balaban J connectivity index is 2.96. The molecule has 1 atom stereocenters. The van der Waals surface area contributed by atoms with E-state index in [0.29, 0.717) is 18.0 Å². The molecule has 0 spiro atoms. The molecule has 0 aromatic heterocycles. The van der Waals surface area contributed by atoms with Crippen molar-refractivity contribution in [3.8, 4) is 5.75 Å². The fourth-order valence-electron chi connectivity index (χ4n) is 1.73. The minimum absolute atomic E-state index is 0.00361. The van der Waals surface area contributed by atoms with Crippen molar-refractivity contribution < 1.29 is 9.66 Å². The van der Waals surface area contributed by atoms with Crippen LogP contribution in [0.1, 0.15) is 19.8 Å². The number of ether oxygens (including phenoxy) is 1. The van der Waals surface area contributed by atoms with Crippen molar-refractivity contribution in [1.82, 2.24) is 0 Å². The largest absolute Gasteiger partial charge is 0.496 e. The van der Waals surface area contributed by atoms with E-state index in [-0.39, 0.29) is 11.7 Å². The molecule has 0 amide bonds. The molecule has 1 unspecified atom stereocenters. The molecule has 0 radical (unpaired) electrons. The molecule has 6 heteroatoms. The van der Waals surface area contributed by atoms with Gasteiger partial charge in [-0.1, -0.05) is 13.3 Å². The summed E-state index contributed by atoms with van der Waals surface area (Å²) < 4.78 is 4.98. The van der Waals surface area contributed by atoms with Crippen molar-refractivity contribution in [3.05, 3.63) is 28.3 Å². The number of nitrogens with two attached hydrogens (primary N) is 1. The summed E-state index contributed by atoms with van der Waals surface area (Å²) in [7, 11) is 1.48. The highest BCUT2D eigenvalue weighted by molar-refractivity contribution is 5.64. The molecule has 1 rings (SSSR count). The summed E-state index contributed by atoms with van der Waals surface area (Å²) >= 11 is 0. The Hall–Kier alpha value is -1.82. The van der Waals surface area contributed by atoms with Crippen LogP contribution < -0.4 is 15.8 Å². The van der Waals surface area contributed by atoms with Crippen LogP contribution in [0.4, 0.5) is 11.4 Å². The number of hydrogen-bond acceptors (Lipinski definition) is 5. The number of hydrogen-bond donors (Lipinski definition) is 2. The van der Waals surface area contributed by atoms with Gasteiger partial charge in [0, 0.05) is 12.6 Å². The van der Waals surface area contributed by atoms with Gasteiger partial charge in [0.05, 0.1) is 18.1 Å². The first kappa shape index (κ1) is 14.2. The van der Waals surface area contributed by atoms with E-state index in [4.69, 9.17) is 10.5 Å². The summed E-state index contributed by atoms with van der Waals surface area (Å²) in [5.41, 5.74) is 6.11. The summed E-state index contributed by atoms with van der Waals surface area (Å²) in [4.78, 5) is 10.6. The predicted octanol–water partition coefficient (Wildman–Crippen LogP) is 2.14. The van der Waals surface area contributed by atoms with Crippen LogP contribution in [-0.4, -0.2) is 24.6 Å². The van der Waals surface area contributed by atoms with E-state index in [0.717, 1.165) is 12.8 Å². The summed E-state index contributed by atoms with van der Waals surface area (Å²) in [5, 5.41) is 14.1. The van der Waals surface area contributed by atoms with Gasteiger partial charge in [0.15, 0.2) is 0 Å². The van der Waals surface area contributed by atoms with Gasteiger partial charge in [-0.15, -0.1) is 0 Å². The van der Waals surface area contributed by atoms with Crippen molar-refractivity contribution in [2.45, 2.75) is 25.8 Å². The van der Waals surface area contributed by atoms with Gasteiger partial charge in [0.1, 0.15) is 11.4 Å². The number of nitro groups is 1. The SMILES string of the molecule is CCCC(CN)Nc1ccc(OC)cc1[N+](=O)[O-]. The Morgan fingerprint density at radius 1 is 1.56 bits per heavy atom. The summed E-state index contributed by atoms with van der Waals surface area (Å²) in [6, 6.07) is 4.79. The van der Waals surface area contributed by atoms with Gasteiger partial charge >= 0.3 is 0 Å². The van der Waals surface area contributed by atoms with E-state index in [1.807, 2.05) is 6.92 Å². The highest BCUT2D eigenvalue weighted by Gasteiger charge is 2.17. The monoisotopic (exact) mass is 253 g/mol. The van der Waals surface area contributed by atoms with Gasteiger partial charge in [-0.05, 0) is 18.6 Å². The van der Waals surface area contributed by atoms with Crippen LogP contribution in [0, 0.1) is 10.1 Å². The first-order chi connectivity index (χ1) is 8.62. The molecule has 0 aliphatic heterocycles. The van der Waals surface area contributed by atoms with Gasteiger partial charge in [0.25, 0.3) is 5.69 Å². The molecule has 100 valence electrons. The predicted molar refractivity (Wildman–Crippen MR) is 71.0 cm³/mol. The molecule has 1 aromatic carbocycles. The molecule has 0 heterocycles. The maximum Gasteiger partial charge on any atom is 0.296 e. The minimum atomic E-state index is -0.426. The molecular formula is C12H19N3O3. The molecule has 0 saturated heterocycles. The standard InChI is InChI=1S/C12H19N3O3/c1-3-4-9(8-13)14-11-6-5-10(18-2)7-12(11)15(16)17/h5-7,9,14H,3-4,8,13H2,1-2H3. The molecule has 18 heavy (non-hydrogen) atoms. The first-order valence-corrected chi connectivity index (χ1v) is 5.91. The molecule has 0 fully saturated rings. The van der Waals surface area contributed by atoms with E-state index in [9.17, 15) is 10.1 Å². The maximum absolute atomic E-state index is 11.0. The molecular weight excluding hydrogens is 234 g/mol. The van der Waals surface area contributed by atoms with Crippen LogP contribution in [0.2, 0.25) is 0 Å². The topological polar surface area (TPSA) is 90.4 Å². The Labute approximate surface area is 106 Å². The lowest BCUT2D eigenvalue weighted by Gasteiger charge is -2.17. The van der Waals surface area contributed by atoms with Crippen molar-refractivity contribution >= 4 is 11.4 Å². The number of nitro benzene ring substituents is 1. The number of anilines is 1. The number of nitrogens with one attached hydrogen (secondary N) is 1. The highest BCUT2D eigenvalue weighted by atomic mass is 16.6. The summed E-state index contributed by atoms with van der Waals surface area (Å²) in [6.07, 6.45) is 1.85. The van der Waals surface area contributed by atoms with Crippen LogP contribution in [0.5, 0.6) is 5.75 Å². The van der Waals surface area contributed by atoms with E-state index < -0.39 is 4.92 Å². The minimum Gasteiger partial charge on any atom is -0.496 e. The zero-order valence-corrected chi connectivity index (χ0v) is 10.7. The number of rotatable bonds is 7. The van der Waals surface area contributed by atoms with Gasteiger partial charge < -0.3 is 15.8 Å². The second-order valence-electron chi connectivity index (χ2n) is 4.01. The fraction of sp³-hybridized carbons (Fsp3) is 0.500. The normalized spacial score (nSPS) is 11.9. The lowest BCUT2D eigenvalue weighted by Crippen LogP contribution is -2.28. The third-order valence-electron chi connectivity index (χ3n) is 2.68. The van der Waals surface area contributed by atoms with E-state index in [1.54, 1.807) is 12.1 Å². The first-order valence-electron chi connectivity index (χ1n) is 5.91. The maximum atomic E-state index is 11.0. The van der Waals surface area contributed by atoms with Crippen LogP contribution >= 0.6 is 0 Å². The quantitative estimate of drug-likeness (QED) is 0.574. The summed E-state index contributed by atoms with van der Waals surface area (Å²) in [6.45, 7) is 2.49. The highest BCUT2D eigenvalue weighted by Crippen LogP contribution is 2.29. The van der Waals surface area contributed by atoms with Crippen LogP contribution in [-0.2, 0) is 0 Å². The lowest BCUT2D eigenvalue weighted by atomic mass is 10.1. The number of methoxy groups -OCH3 is 1. The Morgan fingerprint density at radius 2 is 2.28 bits per heavy atom. The van der Waals surface area contributed by atoms with Gasteiger partial charge in [0.2, 0.25) is 0 Å². The fourth-order valence-corrected chi connectivity index (χ4v) is 1.73. The van der Waals surface area contributed by atoms with Gasteiger partial charge in [-0.2, -0.15) is 0 Å². The molecule has 0 aliphatic rings. The molecule has 6 nitrogen and oxygen atoms in total. The third-order valence-corrected chi connectivity index (χ3v) is 2.68. The van der Waals surface area contributed by atoms with Crippen LogP contribution in [0.3, 0.4) is 0 Å². The number of benzene rings is 1. The smallest absolute Gasteiger partial charge is 0.296 e. The van der Waals surface area contributed by atoms with Crippen molar-refractivity contribution in [1.29, 1.82) is 0 Å². The van der Waals surface area contributed by atoms with E-state index in [1.165, 1.54) is 13.2 Å². The average Bonchev–Trinajstić information content (AvgIpc) is 2.38. The molecule has 3 N–H and O–H groups in total. The van der Waals surface area contributed by atoms with Crippen LogP contribution in [0.15, 0.2) is 18.2 Å². The third kappa shape index (κ3) is 3.59. The lowest BCUT2D eigenvalue weighted by molar-refractivity contribution is -0.384. The van der Waals surface area contributed by atoms with E-state index in [2.05, 4.69) is 5.32 Å². The Kier molecular flexibility index (Phi) is 5.38. The van der Waals surface area contributed by atoms with Crippen molar-refractivity contribution in [2.24, 2.45) is 5.73 Å². The second kappa shape index (κ2) is 6.80. The second-order valence-corrected chi connectivity index (χ2v) is 4.01. The molecule has 0 bridgehead atoms. The molecule has 1 aromatic rings. The van der Waals surface area contributed by atoms with Crippen molar-refractivity contribution in [3.63, 3.8) is 0 Å². The van der Waals surface area contributed by atoms with Crippen LogP contribution in [0.25, 0.3) is 0 Å². The number of nitrogens with zero attached hydrogens (tertiary/aromatic N) is 1. The Morgan fingerprint density at radius 3 is 2.78 bits per heavy atom. The summed E-state index contributed by atoms with van der Waals surface area (Å²) in [5.74, 6) is 0.465. The van der Waals surface area contributed by atoms with Gasteiger partial charge in [-0.25, -0.2) is 0 Å².